The van der Waals surface area contributed by atoms with Gasteiger partial charge in [0.2, 0.25) is 0 Å². The highest BCUT2D eigenvalue weighted by Crippen LogP contribution is 2.28. The summed E-state index contributed by atoms with van der Waals surface area (Å²) in [4.78, 5) is 22.6. The standard InChI is InChI=1S/C20H24O4/c21-18-14-13-16(12-11-15-7-3-1-4-8-15)17(18)9-5-2-6-10-19(22)20(23)24/h1,3-4,7-8,11-12,19,22H,2,5-6,9-10,13-14H2,(H,23,24). The number of aliphatic carboxylic acids is 1. The number of carbonyl (C=O) groups excluding carboxylic acids is 1. The largest absolute Gasteiger partial charge is 0.479 e. The number of hydrogen-bond donors (Lipinski definition) is 2. The second-order valence-corrected chi connectivity index (χ2v) is 6.12. The van der Waals surface area contributed by atoms with Crippen LogP contribution >= 0.6 is 0 Å². The summed E-state index contributed by atoms with van der Waals surface area (Å²) >= 11 is 0. The number of rotatable bonds is 9. The first-order valence-electron chi connectivity index (χ1n) is 8.47. The van der Waals surface area contributed by atoms with Gasteiger partial charge in [-0.3, -0.25) is 4.79 Å². The summed E-state index contributed by atoms with van der Waals surface area (Å²) in [5, 5.41) is 17.9. The first-order chi connectivity index (χ1) is 11.6. The van der Waals surface area contributed by atoms with E-state index in [4.69, 9.17) is 5.11 Å². The van der Waals surface area contributed by atoms with Gasteiger partial charge in [-0.25, -0.2) is 4.79 Å². The number of carboxylic acid groups (broad SMARTS) is 1. The molecule has 0 saturated heterocycles. The van der Waals surface area contributed by atoms with Crippen molar-refractivity contribution in [3.63, 3.8) is 0 Å². The van der Waals surface area contributed by atoms with E-state index < -0.39 is 12.1 Å². The van der Waals surface area contributed by atoms with Crippen molar-refractivity contribution in [3.8, 4) is 0 Å². The molecule has 0 spiro atoms. The molecule has 1 aliphatic rings. The minimum Gasteiger partial charge on any atom is -0.479 e. The monoisotopic (exact) mass is 328 g/mol. The van der Waals surface area contributed by atoms with Crippen molar-refractivity contribution in [2.75, 3.05) is 0 Å². The molecule has 0 amide bonds. The lowest BCUT2D eigenvalue weighted by Gasteiger charge is -2.06. The van der Waals surface area contributed by atoms with Crippen LogP contribution in [0.4, 0.5) is 0 Å². The Kier molecular flexibility index (Phi) is 6.94. The molecule has 4 heteroatoms. The molecule has 0 heterocycles. The van der Waals surface area contributed by atoms with Crippen molar-refractivity contribution in [2.45, 2.75) is 51.0 Å². The molecule has 2 rings (SSSR count). The highest BCUT2D eigenvalue weighted by Gasteiger charge is 2.20. The molecular formula is C20H24O4. The smallest absolute Gasteiger partial charge is 0.332 e. The molecule has 1 atom stereocenters. The maximum Gasteiger partial charge on any atom is 0.332 e. The number of carboxylic acids is 1. The van der Waals surface area contributed by atoms with Crippen LogP contribution in [0.5, 0.6) is 0 Å². The summed E-state index contributed by atoms with van der Waals surface area (Å²) in [6.45, 7) is 0. The zero-order valence-corrected chi connectivity index (χ0v) is 13.8. The normalized spacial score (nSPS) is 16.1. The number of aliphatic hydroxyl groups is 1. The van der Waals surface area contributed by atoms with Crippen molar-refractivity contribution in [3.05, 3.63) is 53.1 Å². The van der Waals surface area contributed by atoms with Crippen LogP contribution in [-0.2, 0) is 9.59 Å². The molecule has 0 bridgehead atoms. The Morgan fingerprint density at radius 3 is 2.54 bits per heavy atom. The lowest BCUT2D eigenvalue weighted by atomic mass is 10.0. The van der Waals surface area contributed by atoms with Gasteiger partial charge in [-0.1, -0.05) is 55.3 Å². The number of carbonyl (C=O) groups is 2. The number of unbranched alkanes of at least 4 members (excludes halogenated alkanes) is 2. The molecule has 0 saturated carbocycles. The van der Waals surface area contributed by atoms with E-state index in [1.54, 1.807) is 0 Å². The fourth-order valence-corrected chi connectivity index (χ4v) is 2.91. The minimum atomic E-state index is -1.28. The average molecular weight is 328 g/mol. The van der Waals surface area contributed by atoms with Crippen molar-refractivity contribution in [2.24, 2.45) is 0 Å². The van der Waals surface area contributed by atoms with E-state index in [0.29, 0.717) is 12.8 Å². The second kappa shape index (κ2) is 9.18. The molecule has 24 heavy (non-hydrogen) atoms. The summed E-state index contributed by atoms with van der Waals surface area (Å²) in [7, 11) is 0. The van der Waals surface area contributed by atoms with Crippen molar-refractivity contribution >= 4 is 17.8 Å². The van der Waals surface area contributed by atoms with Crippen LogP contribution in [0.1, 0.15) is 50.5 Å². The Hall–Kier alpha value is -2.20. The van der Waals surface area contributed by atoms with Gasteiger partial charge < -0.3 is 10.2 Å². The Balaban J connectivity index is 1.85. The number of ketones is 1. The highest BCUT2D eigenvalue weighted by atomic mass is 16.4. The van der Waals surface area contributed by atoms with E-state index in [1.807, 2.05) is 42.5 Å². The van der Waals surface area contributed by atoms with Crippen molar-refractivity contribution < 1.29 is 19.8 Å². The molecule has 1 unspecified atom stereocenters. The Morgan fingerprint density at radius 2 is 1.83 bits per heavy atom. The van der Waals surface area contributed by atoms with Crippen LogP contribution in [0.2, 0.25) is 0 Å². The molecular weight excluding hydrogens is 304 g/mol. The Labute approximate surface area is 142 Å². The first kappa shape index (κ1) is 18.1. The summed E-state index contributed by atoms with van der Waals surface area (Å²) in [6.07, 6.45) is 7.51. The van der Waals surface area contributed by atoms with Crippen LogP contribution in [-0.4, -0.2) is 28.1 Å². The Morgan fingerprint density at radius 1 is 1.08 bits per heavy atom. The molecule has 0 aromatic heterocycles. The van der Waals surface area contributed by atoms with E-state index >= 15 is 0 Å². The predicted molar refractivity (Wildman–Crippen MR) is 93.5 cm³/mol. The SMILES string of the molecule is O=C1CCC(C=Cc2ccccc2)=C1CCCCCC(O)C(=O)O. The molecule has 1 aromatic carbocycles. The van der Waals surface area contributed by atoms with Gasteiger partial charge in [-0.05, 0) is 42.4 Å². The summed E-state index contributed by atoms with van der Waals surface area (Å²) in [5.74, 6) is -0.940. The van der Waals surface area contributed by atoms with E-state index in [-0.39, 0.29) is 12.2 Å². The van der Waals surface area contributed by atoms with Gasteiger partial charge in [0, 0.05) is 6.42 Å². The van der Waals surface area contributed by atoms with E-state index in [9.17, 15) is 14.7 Å². The van der Waals surface area contributed by atoms with Crippen LogP contribution in [0.3, 0.4) is 0 Å². The molecule has 0 radical (unpaired) electrons. The van der Waals surface area contributed by atoms with Gasteiger partial charge in [0.05, 0.1) is 0 Å². The second-order valence-electron chi connectivity index (χ2n) is 6.12. The third-order valence-electron chi connectivity index (χ3n) is 4.31. The fourth-order valence-electron chi connectivity index (χ4n) is 2.91. The third-order valence-corrected chi connectivity index (χ3v) is 4.31. The predicted octanol–water partition coefficient (Wildman–Crippen LogP) is 3.76. The maximum atomic E-state index is 12.0. The first-order valence-corrected chi connectivity index (χ1v) is 8.47. The molecule has 1 aliphatic carbocycles. The Bertz CT molecular complexity index is 628. The van der Waals surface area contributed by atoms with Gasteiger partial charge >= 0.3 is 5.97 Å². The quantitative estimate of drug-likeness (QED) is 0.677. The number of benzene rings is 1. The van der Waals surface area contributed by atoms with Crippen LogP contribution in [0, 0.1) is 0 Å². The van der Waals surface area contributed by atoms with Crippen molar-refractivity contribution in [1.82, 2.24) is 0 Å². The zero-order valence-electron chi connectivity index (χ0n) is 13.8. The summed E-state index contributed by atoms with van der Waals surface area (Å²) in [6, 6.07) is 10.0. The number of aliphatic hydroxyl groups excluding tert-OH is 1. The van der Waals surface area contributed by atoms with Gasteiger partial charge in [-0.2, -0.15) is 0 Å². The topological polar surface area (TPSA) is 74.6 Å². The molecule has 0 fully saturated rings. The average Bonchev–Trinajstić information content (AvgIpc) is 2.93. The van der Waals surface area contributed by atoms with E-state index in [1.165, 1.54) is 0 Å². The lowest BCUT2D eigenvalue weighted by molar-refractivity contribution is -0.146. The maximum absolute atomic E-state index is 12.0. The van der Waals surface area contributed by atoms with Crippen LogP contribution in [0.15, 0.2) is 47.6 Å². The molecule has 2 N–H and O–H groups in total. The van der Waals surface area contributed by atoms with Gasteiger partial charge in [0.25, 0.3) is 0 Å². The zero-order chi connectivity index (χ0) is 17.4. The summed E-state index contributed by atoms with van der Waals surface area (Å²) < 4.78 is 0. The van der Waals surface area contributed by atoms with Crippen LogP contribution in [0.25, 0.3) is 6.08 Å². The molecule has 1 aromatic rings. The van der Waals surface area contributed by atoms with Gasteiger partial charge in [0.15, 0.2) is 11.9 Å². The number of Topliss-reactive ketones (excluding diaryl/α,β-unsaturated/α-hetero) is 1. The molecule has 4 nitrogen and oxygen atoms in total. The van der Waals surface area contributed by atoms with Gasteiger partial charge in [-0.15, -0.1) is 0 Å². The number of hydrogen-bond acceptors (Lipinski definition) is 3. The minimum absolute atomic E-state index is 0.230. The van der Waals surface area contributed by atoms with E-state index in [2.05, 4.69) is 0 Å². The van der Waals surface area contributed by atoms with Gasteiger partial charge in [0.1, 0.15) is 0 Å². The summed E-state index contributed by atoms with van der Waals surface area (Å²) in [5.41, 5.74) is 3.15. The fraction of sp³-hybridized carbons (Fsp3) is 0.400. The molecule has 0 aliphatic heterocycles. The van der Waals surface area contributed by atoms with E-state index in [0.717, 1.165) is 42.4 Å². The highest BCUT2D eigenvalue weighted by molar-refractivity contribution is 5.99. The lowest BCUT2D eigenvalue weighted by Crippen LogP contribution is -2.18. The van der Waals surface area contributed by atoms with Crippen LogP contribution < -0.4 is 0 Å². The molecule has 128 valence electrons. The third kappa shape index (κ3) is 5.46. The number of allylic oxidation sites excluding steroid dienone is 3. The van der Waals surface area contributed by atoms with Crippen molar-refractivity contribution in [1.29, 1.82) is 0 Å².